The minimum atomic E-state index is -0.348. The van der Waals surface area contributed by atoms with Crippen LogP contribution in [0.15, 0.2) is 41.5 Å². The second kappa shape index (κ2) is 6.91. The Bertz CT molecular complexity index is 766. The van der Waals surface area contributed by atoms with Crippen molar-refractivity contribution in [1.82, 2.24) is 5.43 Å². The molecule has 0 radical (unpaired) electrons. The number of carbonyl (C=O) groups is 1. The Morgan fingerprint density at radius 3 is 2.50 bits per heavy atom. The fourth-order valence-corrected chi connectivity index (χ4v) is 2.17. The number of ether oxygens (including phenoxy) is 4. The highest BCUT2D eigenvalue weighted by molar-refractivity contribution is 5.95. The maximum atomic E-state index is 12.1. The maximum Gasteiger partial charge on any atom is 0.271 e. The molecule has 7 nitrogen and oxygen atoms in total. The first-order valence-corrected chi connectivity index (χ1v) is 7.16. The van der Waals surface area contributed by atoms with Crippen LogP contribution in [0, 0.1) is 0 Å². The van der Waals surface area contributed by atoms with Gasteiger partial charge < -0.3 is 18.9 Å². The minimum absolute atomic E-state index is 0.163. The number of hydrogen-bond donors (Lipinski definition) is 1. The number of fused-ring (bicyclic) bond motifs is 1. The summed E-state index contributed by atoms with van der Waals surface area (Å²) in [6.45, 7) is 0.163. The first-order chi connectivity index (χ1) is 11.7. The maximum absolute atomic E-state index is 12.1. The van der Waals surface area contributed by atoms with Crippen molar-refractivity contribution >= 4 is 12.1 Å². The smallest absolute Gasteiger partial charge is 0.271 e. The minimum Gasteiger partial charge on any atom is -0.497 e. The molecule has 0 fully saturated rings. The van der Waals surface area contributed by atoms with Crippen molar-refractivity contribution < 1.29 is 23.7 Å². The van der Waals surface area contributed by atoms with Crippen LogP contribution in [0.3, 0.4) is 0 Å². The molecular formula is C17H16N2O5. The summed E-state index contributed by atoms with van der Waals surface area (Å²) in [4.78, 5) is 12.1. The lowest BCUT2D eigenvalue weighted by Gasteiger charge is -2.05. The molecule has 2 aromatic rings. The molecule has 0 saturated heterocycles. The van der Waals surface area contributed by atoms with E-state index in [0.29, 0.717) is 28.6 Å². The van der Waals surface area contributed by atoms with Crippen LogP contribution in [0.1, 0.15) is 15.9 Å². The predicted octanol–water partition coefficient (Wildman–Crippen LogP) is 2.20. The van der Waals surface area contributed by atoms with Gasteiger partial charge in [0, 0.05) is 17.2 Å². The zero-order valence-electron chi connectivity index (χ0n) is 13.2. The van der Waals surface area contributed by atoms with Gasteiger partial charge in [-0.2, -0.15) is 5.10 Å². The monoisotopic (exact) mass is 328 g/mol. The van der Waals surface area contributed by atoms with Gasteiger partial charge in [-0.05, 0) is 30.3 Å². The molecule has 124 valence electrons. The number of hydrogen-bond acceptors (Lipinski definition) is 6. The highest BCUT2D eigenvalue weighted by atomic mass is 16.7. The van der Waals surface area contributed by atoms with Crippen molar-refractivity contribution in [2.75, 3.05) is 21.0 Å². The number of nitrogens with zero attached hydrogens (tertiary/aromatic N) is 1. The standard InChI is InChI=1S/C17H16N2O5/c1-21-13-5-11(6-14(8-13)22-2)9-18-19-17(20)12-3-4-15-16(7-12)24-10-23-15/h3-9H,10H2,1-2H3,(H,19,20)/b18-9-. The Labute approximate surface area is 138 Å². The van der Waals surface area contributed by atoms with Crippen LogP contribution in [0.2, 0.25) is 0 Å². The molecule has 0 bridgehead atoms. The topological polar surface area (TPSA) is 78.4 Å². The van der Waals surface area contributed by atoms with E-state index in [0.717, 1.165) is 5.56 Å². The fraction of sp³-hybridized carbons (Fsp3) is 0.176. The summed E-state index contributed by atoms with van der Waals surface area (Å²) in [5.74, 6) is 2.10. The molecule has 0 aliphatic carbocycles. The highest BCUT2D eigenvalue weighted by Gasteiger charge is 2.15. The van der Waals surface area contributed by atoms with E-state index in [1.54, 1.807) is 50.6 Å². The third-order valence-electron chi connectivity index (χ3n) is 3.39. The predicted molar refractivity (Wildman–Crippen MR) is 87.2 cm³/mol. The van der Waals surface area contributed by atoms with E-state index in [1.165, 1.54) is 6.21 Å². The summed E-state index contributed by atoms with van der Waals surface area (Å²) >= 11 is 0. The highest BCUT2D eigenvalue weighted by Crippen LogP contribution is 2.32. The second-order valence-electron chi connectivity index (χ2n) is 4.91. The molecule has 1 aliphatic heterocycles. The van der Waals surface area contributed by atoms with Crippen LogP contribution in [0.5, 0.6) is 23.0 Å². The second-order valence-corrected chi connectivity index (χ2v) is 4.91. The van der Waals surface area contributed by atoms with Crippen molar-refractivity contribution in [3.8, 4) is 23.0 Å². The molecular weight excluding hydrogens is 312 g/mol. The summed E-state index contributed by atoms with van der Waals surface area (Å²) in [5.41, 5.74) is 3.63. The van der Waals surface area contributed by atoms with Crippen LogP contribution < -0.4 is 24.4 Å². The van der Waals surface area contributed by atoms with Gasteiger partial charge in [-0.3, -0.25) is 4.79 Å². The molecule has 24 heavy (non-hydrogen) atoms. The normalized spacial score (nSPS) is 12.2. The van der Waals surface area contributed by atoms with E-state index in [2.05, 4.69) is 10.5 Å². The quantitative estimate of drug-likeness (QED) is 0.672. The molecule has 1 N–H and O–H groups in total. The number of amides is 1. The van der Waals surface area contributed by atoms with Gasteiger partial charge in [0.05, 0.1) is 20.4 Å². The number of rotatable bonds is 5. The zero-order chi connectivity index (χ0) is 16.9. The first-order valence-electron chi connectivity index (χ1n) is 7.16. The van der Waals surface area contributed by atoms with Crippen LogP contribution in [-0.2, 0) is 0 Å². The van der Waals surface area contributed by atoms with Gasteiger partial charge in [-0.15, -0.1) is 0 Å². The van der Waals surface area contributed by atoms with E-state index in [4.69, 9.17) is 18.9 Å². The molecule has 1 amide bonds. The number of nitrogens with one attached hydrogen (secondary N) is 1. The van der Waals surface area contributed by atoms with Gasteiger partial charge in [-0.25, -0.2) is 5.43 Å². The van der Waals surface area contributed by atoms with E-state index in [1.807, 2.05) is 0 Å². The van der Waals surface area contributed by atoms with Gasteiger partial charge >= 0.3 is 0 Å². The molecule has 0 aromatic heterocycles. The Balaban J connectivity index is 1.68. The zero-order valence-corrected chi connectivity index (χ0v) is 13.2. The average Bonchev–Trinajstić information content (AvgIpc) is 3.08. The summed E-state index contributed by atoms with van der Waals surface area (Å²) in [7, 11) is 3.13. The summed E-state index contributed by atoms with van der Waals surface area (Å²) < 4.78 is 20.8. The van der Waals surface area contributed by atoms with Crippen LogP contribution in [0.25, 0.3) is 0 Å². The molecule has 0 unspecified atom stereocenters. The first kappa shape index (κ1) is 15.7. The largest absolute Gasteiger partial charge is 0.497 e. The van der Waals surface area contributed by atoms with E-state index in [-0.39, 0.29) is 12.7 Å². The van der Waals surface area contributed by atoms with Crippen LogP contribution in [0.4, 0.5) is 0 Å². The van der Waals surface area contributed by atoms with Crippen LogP contribution in [-0.4, -0.2) is 33.1 Å². The van der Waals surface area contributed by atoms with Gasteiger partial charge in [0.15, 0.2) is 11.5 Å². The summed E-state index contributed by atoms with van der Waals surface area (Å²) in [6, 6.07) is 10.3. The van der Waals surface area contributed by atoms with Gasteiger partial charge in [0.25, 0.3) is 5.91 Å². The van der Waals surface area contributed by atoms with Crippen LogP contribution >= 0.6 is 0 Å². The van der Waals surface area contributed by atoms with Crippen molar-refractivity contribution in [2.24, 2.45) is 5.10 Å². The van der Waals surface area contributed by atoms with Gasteiger partial charge in [0.2, 0.25) is 6.79 Å². The van der Waals surface area contributed by atoms with E-state index in [9.17, 15) is 4.79 Å². The van der Waals surface area contributed by atoms with Crippen molar-refractivity contribution in [3.63, 3.8) is 0 Å². The Kier molecular flexibility index (Phi) is 4.51. The summed E-state index contributed by atoms with van der Waals surface area (Å²) in [6.07, 6.45) is 1.51. The molecule has 2 aromatic carbocycles. The lowest BCUT2D eigenvalue weighted by atomic mass is 10.2. The van der Waals surface area contributed by atoms with E-state index >= 15 is 0 Å². The molecule has 1 heterocycles. The lowest BCUT2D eigenvalue weighted by Crippen LogP contribution is -2.17. The van der Waals surface area contributed by atoms with Crippen molar-refractivity contribution in [2.45, 2.75) is 0 Å². The number of methoxy groups -OCH3 is 2. The molecule has 0 saturated carbocycles. The molecule has 3 rings (SSSR count). The third kappa shape index (κ3) is 3.40. The molecule has 1 aliphatic rings. The Morgan fingerprint density at radius 2 is 1.79 bits per heavy atom. The molecule has 0 atom stereocenters. The molecule has 0 spiro atoms. The van der Waals surface area contributed by atoms with Crippen molar-refractivity contribution in [1.29, 1.82) is 0 Å². The number of carbonyl (C=O) groups excluding carboxylic acids is 1. The van der Waals surface area contributed by atoms with Gasteiger partial charge in [-0.1, -0.05) is 0 Å². The third-order valence-corrected chi connectivity index (χ3v) is 3.39. The fourth-order valence-electron chi connectivity index (χ4n) is 2.17. The van der Waals surface area contributed by atoms with E-state index < -0.39 is 0 Å². The van der Waals surface area contributed by atoms with Gasteiger partial charge in [0.1, 0.15) is 11.5 Å². The SMILES string of the molecule is COc1cc(/C=N\NC(=O)c2ccc3c(c2)OCO3)cc(OC)c1. The Hall–Kier alpha value is -3.22. The molecule has 7 heteroatoms. The number of hydrazone groups is 1. The number of benzene rings is 2. The lowest BCUT2D eigenvalue weighted by molar-refractivity contribution is 0.0954. The summed E-state index contributed by atoms with van der Waals surface area (Å²) in [5, 5.41) is 3.95. The Morgan fingerprint density at radius 1 is 1.08 bits per heavy atom. The average molecular weight is 328 g/mol. The van der Waals surface area contributed by atoms with Crippen molar-refractivity contribution in [3.05, 3.63) is 47.5 Å².